The zero-order valence-corrected chi connectivity index (χ0v) is 18.6. The molecule has 1 fully saturated rings. The maximum Gasteiger partial charge on any atom is 0.309 e. The quantitative estimate of drug-likeness (QED) is 0.385. The lowest BCUT2D eigenvalue weighted by atomic mass is 9.96. The number of hydrogen-bond acceptors (Lipinski definition) is 5. The van der Waals surface area contributed by atoms with E-state index in [9.17, 15) is 9.59 Å². The molecule has 0 N–H and O–H groups in total. The number of ketones is 1. The number of carbonyl (C=O) groups is 2. The predicted molar refractivity (Wildman–Crippen MR) is 117 cm³/mol. The van der Waals surface area contributed by atoms with E-state index in [-0.39, 0.29) is 17.7 Å². The van der Waals surface area contributed by atoms with Gasteiger partial charge in [-0.3, -0.25) is 14.5 Å². The summed E-state index contributed by atoms with van der Waals surface area (Å²) in [4.78, 5) is 28.3. The van der Waals surface area contributed by atoms with Gasteiger partial charge in [-0.15, -0.1) is 11.8 Å². The molecule has 1 saturated heterocycles. The van der Waals surface area contributed by atoms with E-state index in [4.69, 9.17) is 4.74 Å². The van der Waals surface area contributed by atoms with Crippen LogP contribution in [-0.4, -0.2) is 53.7 Å². The highest BCUT2D eigenvalue weighted by Gasteiger charge is 2.27. The zero-order chi connectivity index (χ0) is 21.0. The smallest absolute Gasteiger partial charge is 0.309 e. The average molecular weight is 415 g/mol. The second-order valence-electron chi connectivity index (χ2n) is 7.55. The lowest BCUT2D eigenvalue weighted by Gasteiger charge is -2.30. The van der Waals surface area contributed by atoms with Gasteiger partial charge in [-0.05, 0) is 77.2 Å². The molecule has 2 heterocycles. The van der Waals surface area contributed by atoms with Crippen LogP contribution in [0.1, 0.15) is 41.5 Å². The Kier molecular flexibility index (Phi) is 7.19. The molecule has 1 aliphatic heterocycles. The Morgan fingerprint density at radius 2 is 1.90 bits per heavy atom. The van der Waals surface area contributed by atoms with Crippen LogP contribution in [0.2, 0.25) is 0 Å². The van der Waals surface area contributed by atoms with Gasteiger partial charge in [0.2, 0.25) is 0 Å². The van der Waals surface area contributed by atoms with Gasteiger partial charge in [0.25, 0.3) is 0 Å². The van der Waals surface area contributed by atoms with Crippen molar-refractivity contribution in [3.05, 3.63) is 47.3 Å². The number of thioether (sulfide) groups is 1. The van der Waals surface area contributed by atoms with Crippen LogP contribution in [0.3, 0.4) is 0 Å². The van der Waals surface area contributed by atoms with Gasteiger partial charge in [-0.2, -0.15) is 0 Å². The third kappa shape index (κ3) is 4.93. The van der Waals surface area contributed by atoms with Crippen LogP contribution in [0.25, 0.3) is 5.69 Å². The van der Waals surface area contributed by atoms with E-state index in [1.54, 1.807) is 11.8 Å². The summed E-state index contributed by atoms with van der Waals surface area (Å²) >= 11 is 1.71. The highest BCUT2D eigenvalue weighted by atomic mass is 32.2. The molecule has 5 nitrogen and oxygen atoms in total. The molecule has 2 aromatic rings. The number of Topliss-reactive ketones (excluding diaryl/α,β-unsaturated/α-hetero) is 1. The van der Waals surface area contributed by atoms with Crippen molar-refractivity contribution < 1.29 is 14.3 Å². The van der Waals surface area contributed by atoms with Crippen LogP contribution in [0.4, 0.5) is 0 Å². The maximum absolute atomic E-state index is 13.0. The molecule has 1 aromatic heterocycles. The SMILES string of the molecule is CCOC(=O)C1CCN(CC(=O)c2cc(C)n(-c3cccc(SC)c3)c2C)CC1. The van der Waals surface area contributed by atoms with Crippen LogP contribution in [-0.2, 0) is 9.53 Å². The first kappa shape index (κ1) is 21.7. The van der Waals surface area contributed by atoms with Crippen molar-refractivity contribution in [3.63, 3.8) is 0 Å². The second-order valence-corrected chi connectivity index (χ2v) is 8.43. The molecule has 0 radical (unpaired) electrons. The average Bonchev–Trinajstić information content (AvgIpc) is 3.03. The second kappa shape index (κ2) is 9.63. The van der Waals surface area contributed by atoms with Crippen molar-refractivity contribution in [2.24, 2.45) is 5.92 Å². The van der Waals surface area contributed by atoms with E-state index >= 15 is 0 Å². The van der Waals surface area contributed by atoms with Gasteiger partial charge in [0, 0.05) is 27.5 Å². The zero-order valence-electron chi connectivity index (χ0n) is 17.7. The minimum absolute atomic E-state index is 0.0323. The van der Waals surface area contributed by atoms with Crippen molar-refractivity contribution >= 4 is 23.5 Å². The lowest BCUT2D eigenvalue weighted by Crippen LogP contribution is -2.39. The number of rotatable bonds is 7. The lowest BCUT2D eigenvalue weighted by molar-refractivity contribution is -0.149. The van der Waals surface area contributed by atoms with E-state index in [0.29, 0.717) is 13.2 Å². The van der Waals surface area contributed by atoms with Crippen LogP contribution in [0.15, 0.2) is 35.2 Å². The van der Waals surface area contributed by atoms with Gasteiger partial charge < -0.3 is 9.30 Å². The van der Waals surface area contributed by atoms with Crippen molar-refractivity contribution in [2.75, 3.05) is 32.5 Å². The Morgan fingerprint density at radius 1 is 1.17 bits per heavy atom. The summed E-state index contributed by atoms with van der Waals surface area (Å²) < 4.78 is 7.28. The number of nitrogens with zero attached hydrogens (tertiary/aromatic N) is 2. The van der Waals surface area contributed by atoms with Crippen molar-refractivity contribution in [1.82, 2.24) is 9.47 Å². The number of aryl methyl sites for hydroxylation is 1. The third-order valence-electron chi connectivity index (χ3n) is 5.62. The number of carbonyl (C=O) groups excluding carboxylic acids is 2. The molecule has 0 unspecified atom stereocenters. The molecule has 1 aromatic carbocycles. The van der Waals surface area contributed by atoms with E-state index in [0.717, 1.165) is 48.6 Å². The standard InChI is InChI=1S/C23H30N2O3S/c1-5-28-23(27)18-9-11-24(12-10-18)15-22(26)21-13-16(2)25(17(21)3)19-7-6-8-20(14-19)29-4/h6-8,13-14,18H,5,9-12,15H2,1-4H3. The topological polar surface area (TPSA) is 51.5 Å². The molecule has 3 rings (SSSR count). The molecule has 0 bridgehead atoms. The van der Waals surface area contributed by atoms with Crippen molar-refractivity contribution in [1.29, 1.82) is 0 Å². The van der Waals surface area contributed by atoms with Gasteiger partial charge in [-0.1, -0.05) is 6.07 Å². The maximum atomic E-state index is 13.0. The molecular formula is C23H30N2O3S. The van der Waals surface area contributed by atoms with Crippen molar-refractivity contribution in [2.45, 2.75) is 38.5 Å². The normalized spacial score (nSPS) is 15.4. The van der Waals surface area contributed by atoms with Gasteiger partial charge in [-0.25, -0.2) is 0 Å². The van der Waals surface area contributed by atoms with Crippen LogP contribution in [0.5, 0.6) is 0 Å². The third-order valence-corrected chi connectivity index (χ3v) is 6.34. The molecule has 156 valence electrons. The van der Waals surface area contributed by atoms with Gasteiger partial charge in [0.15, 0.2) is 5.78 Å². The molecule has 0 spiro atoms. The summed E-state index contributed by atoms with van der Waals surface area (Å²) in [7, 11) is 0. The summed E-state index contributed by atoms with van der Waals surface area (Å²) in [6, 6.07) is 10.4. The molecular weight excluding hydrogens is 384 g/mol. The first-order valence-corrected chi connectivity index (χ1v) is 11.4. The summed E-state index contributed by atoms with van der Waals surface area (Å²) in [5, 5.41) is 0. The first-order chi connectivity index (χ1) is 13.9. The largest absolute Gasteiger partial charge is 0.466 e. The summed E-state index contributed by atoms with van der Waals surface area (Å²) in [5.41, 5.74) is 3.91. The molecule has 29 heavy (non-hydrogen) atoms. The Bertz CT molecular complexity index is 882. The van der Waals surface area contributed by atoms with Crippen LogP contribution < -0.4 is 0 Å². The van der Waals surface area contributed by atoms with E-state index < -0.39 is 0 Å². The monoisotopic (exact) mass is 414 g/mol. The molecule has 0 saturated carbocycles. The van der Waals surface area contributed by atoms with Gasteiger partial charge >= 0.3 is 5.97 Å². The summed E-state index contributed by atoms with van der Waals surface area (Å²) in [6.07, 6.45) is 3.58. The molecule has 6 heteroatoms. The minimum Gasteiger partial charge on any atom is -0.466 e. The number of hydrogen-bond donors (Lipinski definition) is 0. The Morgan fingerprint density at radius 3 is 2.55 bits per heavy atom. The Labute approximate surface area is 177 Å². The number of benzene rings is 1. The number of piperidine rings is 1. The van der Waals surface area contributed by atoms with E-state index in [1.165, 1.54) is 4.90 Å². The molecule has 0 aliphatic carbocycles. The van der Waals surface area contributed by atoms with E-state index in [2.05, 4.69) is 40.0 Å². The van der Waals surface area contributed by atoms with Crippen molar-refractivity contribution in [3.8, 4) is 5.69 Å². The number of esters is 1. The number of aromatic nitrogens is 1. The highest BCUT2D eigenvalue weighted by molar-refractivity contribution is 7.98. The van der Waals surface area contributed by atoms with Crippen LogP contribution in [0, 0.1) is 19.8 Å². The fraction of sp³-hybridized carbons (Fsp3) is 0.478. The molecule has 0 atom stereocenters. The molecule has 0 amide bonds. The predicted octanol–water partition coefficient (Wildman–Crippen LogP) is 4.27. The van der Waals surface area contributed by atoms with Gasteiger partial charge in [0.05, 0.1) is 19.1 Å². The summed E-state index contributed by atoms with van der Waals surface area (Å²) in [5.74, 6) is 0.00419. The molecule has 1 aliphatic rings. The fourth-order valence-electron chi connectivity index (χ4n) is 4.07. The summed E-state index contributed by atoms with van der Waals surface area (Å²) in [6.45, 7) is 8.21. The van der Waals surface area contributed by atoms with Crippen LogP contribution >= 0.6 is 11.8 Å². The van der Waals surface area contributed by atoms with E-state index in [1.807, 2.05) is 26.8 Å². The Balaban J connectivity index is 1.69. The van der Waals surface area contributed by atoms with Gasteiger partial charge in [0.1, 0.15) is 0 Å². The minimum atomic E-state index is -0.102. The number of likely N-dealkylation sites (tertiary alicyclic amines) is 1. The number of ether oxygens (including phenoxy) is 1. The Hall–Kier alpha value is -2.05. The first-order valence-electron chi connectivity index (χ1n) is 10.2. The highest BCUT2D eigenvalue weighted by Crippen LogP contribution is 2.25. The fourth-order valence-corrected chi connectivity index (χ4v) is 4.52.